The van der Waals surface area contributed by atoms with Crippen molar-refractivity contribution in [1.82, 2.24) is 9.97 Å². The molecule has 0 aromatic carbocycles. The molecule has 0 fully saturated rings. The van der Waals surface area contributed by atoms with Gasteiger partial charge in [0.1, 0.15) is 0 Å². The lowest BCUT2D eigenvalue weighted by molar-refractivity contribution is 0.860. The minimum Gasteiger partial charge on any atom is -0.357 e. The van der Waals surface area contributed by atoms with Crippen molar-refractivity contribution in [2.24, 2.45) is 0 Å². The summed E-state index contributed by atoms with van der Waals surface area (Å²) in [5.74, 6) is 0.516. The van der Waals surface area contributed by atoms with Gasteiger partial charge in [0.05, 0.1) is 11.0 Å². The van der Waals surface area contributed by atoms with E-state index in [1.807, 2.05) is 0 Å². The van der Waals surface area contributed by atoms with E-state index >= 15 is 0 Å². The molecule has 0 bridgehead atoms. The monoisotopic (exact) mass is 216 g/mol. The summed E-state index contributed by atoms with van der Waals surface area (Å²) in [6.07, 6.45) is 0. The molecule has 1 N–H and O–H groups in total. The van der Waals surface area contributed by atoms with E-state index in [1.165, 1.54) is 27.9 Å². The molecule has 86 valence electrons. The van der Waals surface area contributed by atoms with Crippen LogP contribution in [0.25, 0.3) is 11.0 Å². The molecule has 0 saturated carbocycles. The molecule has 2 heteroatoms. The second kappa shape index (κ2) is 3.62. The van der Waals surface area contributed by atoms with Gasteiger partial charge in [-0.1, -0.05) is 13.8 Å². The molecule has 16 heavy (non-hydrogen) atoms. The maximum atomic E-state index is 4.75. The van der Waals surface area contributed by atoms with Crippen molar-refractivity contribution in [2.75, 3.05) is 0 Å². The van der Waals surface area contributed by atoms with Crippen LogP contribution < -0.4 is 0 Å². The number of rotatable bonds is 1. The maximum absolute atomic E-state index is 4.75. The first-order valence-corrected chi connectivity index (χ1v) is 5.89. The van der Waals surface area contributed by atoms with Gasteiger partial charge in [0.15, 0.2) is 0 Å². The van der Waals surface area contributed by atoms with Crippen LogP contribution in [0, 0.1) is 27.7 Å². The van der Waals surface area contributed by atoms with Crippen LogP contribution in [0.5, 0.6) is 0 Å². The van der Waals surface area contributed by atoms with E-state index in [0.29, 0.717) is 5.92 Å². The predicted molar refractivity (Wildman–Crippen MR) is 69.1 cm³/mol. The Hall–Kier alpha value is -1.31. The number of fused-ring (bicyclic) bond motifs is 1. The summed E-state index contributed by atoms with van der Waals surface area (Å²) in [7, 11) is 0. The largest absolute Gasteiger partial charge is 0.357 e. The first kappa shape index (κ1) is 11.2. The van der Waals surface area contributed by atoms with Crippen molar-refractivity contribution in [3.8, 4) is 0 Å². The fraction of sp³-hybridized carbons (Fsp3) is 0.500. The van der Waals surface area contributed by atoms with Gasteiger partial charge in [-0.05, 0) is 44.7 Å². The van der Waals surface area contributed by atoms with Gasteiger partial charge in [0.2, 0.25) is 0 Å². The van der Waals surface area contributed by atoms with Gasteiger partial charge >= 0.3 is 0 Å². The Labute approximate surface area is 97.1 Å². The minimum absolute atomic E-state index is 0.516. The number of pyridine rings is 1. The highest BCUT2D eigenvalue weighted by Crippen LogP contribution is 2.30. The number of aromatic nitrogens is 2. The van der Waals surface area contributed by atoms with Gasteiger partial charge < -0.3 is 4.98 Å². The van der Waals surface area contributed by atoms with Crippen molar-refractivity contribution in [1.29, 1.82) is 0 Å². The van der Waals surface area contributed by atoms with E-state index in [4.69, 9.17) is 4.98 Å². The summed E-state index contributed by atoms with van der Waals surface area (Å²) in [6.45, 7) is 13.0. The average Bonchev–Trinajstić information content (AvgIpc) is 2.51. The first-order chi connectivity index (χ1) is 7.43. The number of hydrogen-bond acceptors (Lipinski definition) is 1. The van der Waals surface area contributed by atoms with Crippen LogP contribution in [0.2, 0.25) is 0 Å². The molecular formula is C14H20N2. The molecule has 0 unspecified atom stereocenters. The third kappa shape index (κ3) is 1.44. The summed E-state index contributed by atoms with van der Waals surface area (Å²) in [5, 5.41) is 0. The third-order valence-corrected chi connectivity index (χ3v) is 3.55. The minimum atomic E-state index is 0.516. The SMILES string of the molecule is Cc1nc2c(C(C)C)c(C)[nH]c2c(C)c1C. The lowest BCUT2D eigenvalue weighted by atomic mass is 10.0. The molecule has 0 radical (unpaired) electrons. The second-order valence-corrected chi connectivity index (χ2v) is 4.99. The predicted octanol–water partition coefficient (Wildman–Crippen LogP) is 3.92. The highest BCUT2D eigenvalue weighted by atomic mass is 14.8. The van der Waals surface area contributed by atoms with Crippen molar-refractivity contribution < 1.29 is 0 Å². The Balaban J connectivity index is 2.91. The molecule has 0 saturated heterocycles. The van der Waals surface area contributed by atoms with Gasteiger partial charge in [-0.15, -0.1) is 0 Å². The normalized spacial score (nSPS) is 11.7. The van der Waals surface area contributed by atoms with E-state index in [1.54, 1.807) is 0 Å². The summed E-state index contributed by atoms with van der Waals surface area (Å²) in [4.78, 5) is 8.23. The van der Waals surface area contributed by atoms with E-state index in [-0.39, 0.29) is 0 Å². The molecule has 2 aromatic heterocycles. The molecule has 2 rings (SSSR count). The van der Waals surface area contributed by atoms with Gasteiger partial charge in [-0.25, -0.2) is 0 Å². The van der Waals surface area contributed by atoms with Crippen LogP contribution in [0.15, 0.2) is 0 Å². The molecule has 0 aliphatic rings. The zero-order valence-corrected chi connectivity index (χ0v) is 11.0. The number of H-pyrrole nitrogens is 1. The molecule has 0 aliphatic carbocycles. The van der Waals surface area contributed by atoms with Crippen molar-refractivity contribution >= 4 is 11.0 Å². The molecule has 0 atom stereocenters. The highest BCUT2D eigenvalue weighted by molar-refractivity contribution is 5.85. The standard InChI is InChI=1S/C14H20N2/c1-7(2)12-11(6)16-13-9(4)8(3)10(5)15-14(12)13/h7,16H,1-6H3. The number of hydrogen-bond donors (Lipinski definition) is 1. The molecule has 0 aliphatic heterocycles. The van der Waals surface area contributed by atoms with Gasteiger partial charge in [-0.3, -0.25) is 4.98 Å². The van der Waals surface area contributed by atoms with Crippen molar-refractivity contribution in [3.05, 3.63) is 28.1 Å². The number of aromatic amines is 1. The smallest absolute Gasteiger partial charge is 0.0922 e. The molecule has 2 heterocycles. The Kier molecular flexibility index (Phi) is 2.53. The van der Waals surface area contributed by atoms with E-state index in [0.717, 1.165) is 11.2 Å². The fourth-order valence-electron chi connectivity index (χ4n) is 2.43. The molecule has 2 aromatic rings. The molecular weight excluding hydrogens is 196 g/mol. The van der Waals surface area contributed by atoms with Crippen LogP contribution in [-0.2, 0) is 0 Å². The quantitative estimate of drug-likeness (QED) is 0.769. The Morgan fingerprint density at radius 1 is 1.00 bits per heavy atom. The van der Waals surface area contributed by atoms with E-state index < -0.39 is 0 Å². The highest BCUT2D eigenvalue weighted by Gasteiger charge is 2.16. The van der Waals surface area contributed by atoms with Crippen molar-refractivity contribution in [3.63, 3.8) is 0 Å². The summed E-state index contributed by atoms with van der Waals surface area (Å²) in [6, 6.07) is 0. The first-order valence-electron chi connectivity index (χ1n) is 5.89. The number of aryl methyl sites for hydroxylation is 3. The Morgan fingerprint density at radius 2 is 1.62 bits per heavy atom. The van der Waals surface area contributed by atoms with E-state index in [2.05, 4.69) is 46.5 Å². The number of nitrogens with zero attached hydrogens (tertiary/aromatic N) is 1. The Bertz CT molecular complexity index is 548. The van der Waals surface area contributed by atoms with E-state index in [9.17, 15) is 0 Å². The van der Waals surface area contributed by atoms with Crippen molar-refractivity contribution in [2.45, 2.75) is 47.5 Å². The average molecular weight is 216 g/mol. The third-order valence-electron chi connectivity index (χ3n) is 3.55. The van der Waals surface area contributed by atoms with Crippen LogP contribution in [0.1, 0.15) is 47.8 Å². The lowest BCUT2D eigenvalue weighted by Crippen LogP contribution is -1.95. The zero-order chi connectivity index (χ0) is 12.0. The zero-order valence-electron chi connectivity index (χ0n) is 11.0. The molecule has 2 nitrogen and oxygen atoms in total. The van der Waals surface area contributed by atoms with Gasteiger partial charge in [-0.2, -0.15) is 0 Å². The lowest BCUT2D eigenvalue weighted by Gasteiger charge is -2.08. The Morgan fingerprint density at radius 3 is 2.19 bits per heavy atom. The second-order valence-electron chi connectivity index (χ2n) is 4.99. The molecule has 0 amide bonds. The maximum Gasteiger partial charge on any atom is 0.0922 e. The van der Waals surface area contributed by atoms with Gasteiger partial charge in [0, 0.05) is 17.0 Å². The fourth-order valence-corrected chi connectivity index (χ4v) is 2.43. The summed E-state index contributed by atoms with van der Waals surface area (Å²) in [5.41, 5.74) is 8.76. The number of nitrogens with one attached hydrogen (secondary N) is 1. The van der Waals surface area contributed by atoms with Crippen LogP contribution in [0.3, 0.4) is 0 Å². The summed E-state index contributed by atoms with van der Waals surface area (Å²) < 4.78 is 0. The van der Waals surface area contributed by atoms with Crippen LogP contribution in [-0.4, -0.2) is 9.97 Å². The summed E-state index contributed by atoms with van der Waals surface area (Å²) >= 11 is 0. The molecule has 0 spiro atoms. The van der Waals surface area contributed by atoms with Crippen LogP contribution >= 0.6 is 0 Å². The topological polar surface area (TPSA) is 28.7 Å². The van der Waals surface area contributed by atoms with Crippen LogP contribution in [0.4, 0.5) is 0 Å². The van der Waals surface area contributed by atoms with Gasteiger partial charge in [0.25, 0.3) is 0 Å².